The molecule has 0 radical (unpaired) electrons. The van der Waals surface area contributed by atoms with Crippen molar-refractivity contribution >= 4 is 10.9 Å². The molecule has 33 heavy (non-hydrogen) atoms. The molecule has 0 fully saturated rings. The molecule has 0 saturated carbocycles. The molecule has 6 rings (SSSR count). The lowest BCUT2D eigenvalue weighted by atomic mass is 9.95. The highest BCUT2D eigenvalue weighted by Gasteiger charge is 2.21. The molecular formula is C30H21N3. The van der Waals surface area contributed by atoms with E-state index in [9.17, 15) is 0 Å². The lowest BCUT2D eigenvalue weighted by molar-refractivity contribution is 0.897. The summed E-state index contributed by atoms with van der Waals surface area (Å²) in [6.07, 6.45) is 2.10. The SMILES string of the molecule is c1ccc(-c2nc(-c3ccccc3)c3cn(-c4ccccc4)nc3c2-c2ccccc2)cc1. The second-order valence-electron chi connectivity index (χ2n) is 7.95. The third-order valence-corrected chi connectivity index (χ3v) is 5.84. The van der Waals surface area contributed by atoms with Gasteiger partial charge < -0.3 is 0 Å². The maximum Gasteiger partial charge on any atom is 0.105 e. The summed E-state index contributed by atoms with van der Waals surface area (Å²) in [6, 6.07) is 41.4. The van der Waals surface area contributed by atoms with Crippen LogP contribution in [0.4, 0.5) is 0 Å². The zero-order valence-corrected chi connectivity index (χ0v) is 18.0. The van der Waals surface area contributed by atoms with Gasteiger partial charge in [0.2, 0.25) is 0 Å². The molecule has 2 heterocycles. The highest BCUT2D eigenvalue weighted by atomic mass is 15.3. The largest absolute Gasteiger partial charge is 0.246 e. The van der Waals surface area contributed by atoms with Crippen molar-refractivity contribution in [2.75, 3.05) is 0 Å². The molecule has 0 aliphatic rings. The minimum atomic E-state index is 0.936. The van der Waals surface area contributed by atoms with Crippen LogP contribution in [0.3, 0.4) is 0 Å². The third-order valence-electron chi connectivity index (χ3n) is 5.84. The van der Waals surface area contributed by atoms with Crippen LogP contribution in [0, 0.1) is 0 Å². The Morgan fingerprint density at radius 2 is 0.970 bits per heavy atom. The summed E-state index contributed by atoms with van der Waals surface area (Å²) in [5.74, 6) is 0. The van der Waals surface area contributed by atoms with E-state index in [1.165, 1.54) is 0 Å². The molecule has 0 aliphatic heterocycles. The normalized spacial score (nSPS) is 11.0. The smallest absolute Gasteiger partial charge is 0.105 e. The van der Waals surface area contributed by atoms with Crippen molar-refractivity contribution in [2.45, 2.75) is 0 Å². The Kier molecular flexibility index (Phi) is 4.78. The van der Waals surface area contributed by atoms with Crippen molar-refractivity contribution < 1.29 is 0 Å². The fourth-order valence-corrected chi connectivity index (χ4v) is 4.28. The van der Waals surface area contributed by atoms with Gasteiger partial charge in [0.05, 0.1) is 17.1 Å². The van der Waals surface area contributed by atoms with Crippen molar-refractivity contribution in [1.29, 1.82) is 0 Å². The number of benzene rings is 4. The van der Waals surface area contributed by atoms with Gasteiger partial charge >= 0.3 is 0 Å². The topological polar surface area (TPSA) is 30.7 Å². The summed E-state index contributed by atoms with van der Waals surface area (Å²) in [6.45, 7) is 0. The second-order valence-corrected chi connectivity index (χ2v) is 7.95. The van der Waals surface area contributed by atoms with Gasteiger partial charge in [0, 0.05) is 28.3 Å². The van der Waals surface area contributed by atoms with Crippen LogP contribution >= 0.6 is 0 Å². The van der Waals surface area contributed by atoms with Crippen LogP contribution in [0.2, 0.25) is 0 Å². The van der Waals surface area contributed by atoms with E-state index in [-0.39, 0.29) is 0 Å². The Balaban J connectivity index is 1.75. The Bertz CT molecular complexity index is 1520. The maximum absolute atomic E-state index is 5.27. The van der Waals surface area contributed by atoms with E-state index in [1.807, 2.05) is 41.1 Å². The minimum absolute atomic E-state index is 0.936. The van der Waals surface area contributed by atoms with Crippen LogP contribution in [-0.4, -0.2) is 14.8 Å². The first kappa shape index (κ1) is 19.2. The number of hydrogen-bond donors (Lipinski definition) is 0. The van der Waals surface area contributed by atoms with Gasteiger partial charge in [-0.1, -0.05) is 109 Å². The second kappa shape index (κ2) is 8.21. The van der Waals surface area contributed by atoms with Gasteiger partial charge in [-0.3, -0.25) is 0 Å². The number of rotatable bonds is 4. The molecule has 6 aromatic rings. The van der Waals surface area contributed by atoms with Gasteiger partial charge in [0.15, 0.2) is 0 Å². The van der Waals surface area contributed by atoms with Gasteiger partial charge in [0.25, 0.3) is 0 Å². The first-order valence-corrected chi connectivity index (χ1v) is 11.0. The Hall–Kier alpha value is -4.50. The Morgan fingerprint density at radius 3 is 1.55 bits per heavy atom. The molecule has 3 nitrogen and oxygen atoms in total. The summed E-state index contributed by atoms with van der Waals surface area (Å²) in [7, 11) is 0. The summed E-state index contributed by atoms with van der Waals surface area (Å²) in [5, 5.41) is 6.14. The molecule has 156 valence electrons. The Morgan fingerprint density at radius 1 is 0.485 bits per heavy atom. The van der Waals surface area contributed by atoms with Crippen LogP contribution in [0.5, 0.6) is 0 Å². The molecule has 0 aliphatic carbocycles. The van der Waals surface area contributed by atoms with Crippen LogP contribution in [0.15, 0.2) is 128 Å². The lowest BCUT2D eigenvalue weighted by Gasteiger charge is -2.13. The average molecular weight is 424 g/mol. The van der Waals surface area contributed by atoms with Crippen LogP contribution in [0.1, 0.15) is 0 Å². The van der Waals surface area contributed by atoms with E-state index in [2.05, 4.69) is 91.1 Å². The van der Waals surface area contributed by atoms with E-state index >= 15 is 0 Å². The molecule has 0 unspecified atom stereocenters. The molecule has 0 N–H and O–H groups in total. The van der Waals surface area contributed by atoms with Crippen molar-refractivity contribution in [3.8, 4) is 39.3 Å². The highest BCUT2D eigenvalue weighted by Crippen LogP contribution is 2.40. The van der Waals surface area contributed by atoms with Crippen molar-refractivity contribution in [1.82, 2.24) is 14.8 Å². The number of nitrogens with zero attached hydrogens (tertiary/aromatic N) is 3. The molecule has 3 heteroatoms. The van der Waals surface area contributed by atoms with Gasteiger partial charge in [-0.05, 0) is 17.7 Å². The van der Waals surface area contributed by atoms with E-state index in [1.54, 1.807) is 0 Å². The quantitative estimate of drug-likeness (QED) is 0.295. The number of fused-ring (bicyclic) bond motifs is 1. The lowest BCUT2D eigenvalue weighted by Crippen LogP contribution is -1.96. The summed E-state index contributed by atoms with van der Waals surface area (Å²) >= 11 is 0. The van der Waals surface area contributed by atoms with E-state index < -0.39 is 0 Å². The molecular weight excluding hydrogens is 402 g/mol. The zero-order valence-electron chi connectivity index (χ0n) is 18.0. The molecule has 0 spiro atoms. The Labute approximate surface area is 192 Å². The van der Waals surface area contributed by atoms with Gasteiger partial charge in [-0.2, -0.15) is 5.10 Å². The summed E-state index contributed by atoms with van der Waals surface area (Å²) in [4.78, 5) is 5.27. The van der Waals surface area contributed by atoms with Crippen LogP contribution in [0.25, 0.3) is 50.2 Å². The van der Waals surface area contributed by atoms with Gasteiger partial charge in [-0.25, -0.2) is 9.67 Å². The molecule has 0 amide bonds. The van der Waals surface area contributed by atoms with Gasteiger partial charge in [0.1, 0.15) is 5.52 Å². The summed E-state index contributed by atoms with van der Waals surface area (Å²) in [5.41, 5.74) is 8.14. The zero-order chi connectivity index (χ0) is 22.0. The van der Waals surface area contributed by atoms with Crippen molar-refractivity contribution in [3.63, 3.8) is 0 Å². The molecule has 4 aromatic carbocycles. The number of hydrogen-bond acceptors (Lipinski definition) is 2. The molecule has 0 saturated heterocycles. The predicted octanol–water partition coefficient (Wildman–Crippen LogP) is 7.42. The van der Waals surface area contributed by atoms with Crippen LogP contribution in [-0.2, 0) is 0 Å². The number of aromatic nitrogens is 3. The van der Waals surface area contributed by atoms with E-state index in [4.69, 9.17) is 10.1 Å². The van der Waals surface area contributed by atoms with Crippen molar-refractivity contribution in [3.05, 3.63) is 128 Å². The molecule has 0 atom stereocenters. The molecule has 0 bridgehead atoms. The van der Waals surface area contributed by atoms with E-state index in [0.29, 0.717) is 0 Å². The van der Waals surface area contributed by atoms with Gasteiger partial charge in [-0.15, -0.1) is 0 Å². The first-order valence-electron chi connectivity index (χ1n) is 11.0. The number of pyridine rings is 1. The average Bonchev–Trinajstić information content (AvgIpc) is 3.35. The third kappa shape index (κ3) is 3.50. The first-order chi connectivity index (χ1) is 16.4. The fraction of sp³-hybridized carbons (Fsp3) is 0. The monoisotopic (exact) mass is 423 g/mol. The predicted molar refractivity (Wildman–Crippen MR) is 135 cm³/mol. The van der Waals surface area contributed by atoms with E-state index in [0.717, 1.165) is 50.2 Å². The van der Waals surface area contributed by atoms with Crippen LogP contribution < -0.4 is 0 Å². The maximum atomic E-state index is 5.27. The molecule has 2 aromatic heterocycles. The standard InChI is InChI=1S/C30H21N3/c1-5-13-22(14-6-1)27-29(24-17-9-3-10-18-24)31-28(23-15-7-2-8-16-23)26-21-33(32-30(26)27)25-19-11-4-12-20-25/h1-21H. The summed E-state index contributed by atoms with van der Waals surface area (Å²) < 4.78 is 1.96. The fourth-order valence-electron chi connectivity index (χ4n) is 4.28. The highest BCUT2D eigenvalue weighted by molar-refractivity contribution is 6.06. The number of para-hydroxylation sites is 1. The minimum Gasteiger partial charge on any atom is -0.246 e. The van der Waals surface area contributed by atoms with Crippen molar-refractivity contribution in [2.24, 2.45) is 0 Å².